The van der Waals surface area contributed by atoms with E-state index in [4.69, 9.17) is 40.6 Å². The average Bonchev–Trinajstić information content (AvgIpc) is 2.52. The van der Waals surface area contributed by atoms with Crippen molar-refractivity contribution in [2.24, 2.45) is 5.73 Å². The molecule has 28 heavy (non-hydrogen) atoms. The van der Waals surface area contributed by atoms with Crippen molar-refractivity contribution in [3.05, 3.63) is 29.8 Å². The number of nitrogens with one attached hydrogen (secondary N) is 2. The van der Waals surface area contributed by atoms with Gasteiger partial charge in [-0.05, 0) is 24.1 Å². The molecule has 1 rings (SSSR count). The van der Waals surface area contributed by atoms with Crippen molar-refractivity contribution >= 4 is 27.4 Å². The highest BCUT2D eigenvalue weighted by Crippen LogP contribution is 2.30. The van der Waals surface area contributed by atoms with Gasteiger partial charge < -0.3 is 40.6 Å². The molecule has 0 bridgehead atoms. The number of aliphatic hydroxyl groups excluding tert-OH is 1. The van der Waals surface area contributed by atoms with Gasteiger partial charge in [-0.2, -0.15) is 0 Å². The lowest BCUT2D eigenvalue weighted by Gasteiger charge is -2.16. The number of aromatic hydroxyl groups is 1. The number of carbonyl (C=O) groups is 2. The Morgan fingerprint density at radius 1 is 0.964 bits per heavy atom. The number of nitrogens with two attached hydrogens (primary N) is 1. The van der Waals surface area contributed by atoms with Crippen molar-refractivity contribution in [2.75, 3.05) is 6.61 Å². The van der Waals surface area contributed by atoms with Gasteiger partial charge in [0.15, 0.2) is 0 Å². The molecule has 1 amide bonds. The maximum absolute atomic E-state index is 11.0. The number of amides is 1. The molecule has 0 spiro atoms. The molecule has 1 aromatic carbocycles. The molecule has 1 aromatic rings. The van der Waals surface area contributed by atoms with Gasteiger partial charge in [0.25, 0.3) is 0 Å². The van der Waals surface area contributed by atoms with E-state index in [0.29, 0.717) is 5.56 Å². The van der Waals surface area contributed by atoms with Gasteiger partial charge in [0.1, 0.15) is 17.8 Å². The van der Waals surface area contributed by atoms with Crippen LogP contribution in [-0.2, 0) is 25.1 Å². The third kappa shape index (κ3) is 12.5. The Morgan fingerprint density at radius 2 is 1.39 bits per heavy atom. The minimum Gasteiger partial charge on any atom is -0.508 e. The number of carboxylic acids is 1. The van der Waals surface area contributed by atoms with Crippen LogP contribution in [0.2, 0.25) is 0 Å². The Kier molecular flexibility index (Phi) is 10.5. The second-order valence-corrected chi connectivity index (χ2v) is 7.94. The summed E-state index contributed by atoms with van der Waals surface area (Å²) in [6, 6.07) is 3.09. The predicted molar refractivity (Wildman–Crippen MR) is 93.7 cm³/mol. The highest BCUT2D eigenvalue weighted by molar-refractivity contribution is 7.49. The van der Waals surface area contributed by atoms with Gasteiger partial charge >= 0.3 is 21.5 Å². The molecule has 0 saturated carbocycles. The first kappa shape index (κ1) is 26.1. The van der Waals surface area contributed by atoms with Gasteiger partial charge in [-0.1, -0.05) is 12.1 Å². The summed E-state index contributed by atoms with van der Waals surface area (Å²) in [6.07, 6.45) is 0.0285. The van der Waals surface area contributed by atoms with Crippen molar-refractivity contribution in [3.63, 3.8) is 0 Å². The molecule has 0 radical (unpaired) electrons. The van der Waals surface area contributed by atoms with Gasteiger partial charge in [0, 0.05) is 0 Å². The van der Waals surface area contributed by atoms with Crippen molar-refractivity contribution in [1.29, 1.82) is 0 Å². The second kappa shape index (κ2) is 11.2. The molecular formula is C12H21N3O11P2. The fraction of sp³-hybridized carbons (Fsp3) is 0.333. The summed E-state index contributed by atoms with van der Waals surface area (Å²) in [7, 11) is -9.11. The van der Waals surface area contributed by atoms with Crippen molar-refractivity contribution in [1.82, 2.24) is 10.2 Å². The average molecular weight is 445 g/mol. The van der Waals surface area contributed by atoms with E-state index in [-0.39, 0.29) is 12.2 Å². The van der Waals surface area contributed by atoms with E-state index in [0.717, 1.165) is 0 Å². The number of carbonyl (C=O) groups excluding carboxylic acids is 1. The van der Waals surface area contributed by atoms with Crippen LogP contribution in [0.4, 0.5) is 0 Å². The summed E-state index contributed by atoms with van der Waals surface area (Å²) in [6.45, 7) is -0.875. The number of hydrogen-bond acceptors (Lipinski definition) is 6. The number of rotatable bonds is 9. The molecule has 2 atom stereocenters. The van der Waals surface area contributed by atoms with Crippen molar-refractivity contribution in [3.8, 4) is 5.75 Å². The SMILES string of the molecule is NC(=O)C(Cc1ccc(O)cc1)NP(=O)(O)O.O=C(O)C(CO)NP(=O)(O)O. The normalized spacial score (nSPS) is 13.8. The van der Waals surface area contributed by atoms with E-state index in [1.54, 1.807) is 0 Å². The summed E-state index contributed by atoms with van der Waals surface area (Å²) in [5.41, 5.74) is 5.65. The highest BCUT2D eigenvalue weighted by atomic mass is 31.2. The second-order valence-electron chi connectivity index (χ2n) is 5.25. The Labute approximate surface area is 158 Å². The van der Waals surface area contributed by atoms with Crippen LogP contribution in [0.1, 0.15) is 5.56 Å². The summed E-state index contributed by atoms with van der Waals surface area (Å²) in [4.78, 5) is 54.9. The van der Waals surface area contributed by atoms with E-state index < -0.39 is 46.1 Å². The van der Waals surface area contributed by atoms with E-state index in [9.17, 15) is 18.7 Å². The standard InChI is InChI=1S/C9H13N2O5P.C3H8NO6P/c10-9(13)8(11-17(14,15)16)5-6-1-3-7(12)4-2-6;5-1-2(3(6)7)4-11(8,9)10/h1-4,8,12H,5H2,(H2,10,13)(H3,11,14,15,16);2,5H,1H2,(H,6,7)(H3,4,8,9,10). The van der Waals surface area contributed by atoms with Crippen LogP contribution in [-0.4, -0.2) is 65.5 Å². The molecule has 11 N–H and O–H groups in total. The Balaban J connectivity index is 0.000000576. The lowest BCUT2D eigenvalue weighted by Crippen LogP contribution is -2.41. The lowest BCUT2D eigenvalue weighted by atomic mass is 10.1. The molecule has 0 aromatic heterocycles. The highest BCUT2D eigenvalue weighted by Gasteiger charge is 2.25. The maximum atomic E-state index is 11.0. The molecule has 0 heterocycles. The van der Waals surface area contributed by atoms with Gasteiger partial charge in [0.05, 0.1) is 6.61 Å². The first-order valence-corrected chi connectivity index (χ1v) is 10.4. The number of primary amides is 1. The van der Waals surface area contributed by atoms with Crippen LogP contribution in [0.15, 0.2) is 24.3 Å². The largest absolute Gasteiger partial charge is 0.508 e. The Bertz CT molecular complexity index is 746. The molecular weight excluding hydrogens is 424 g/mol. The molecule has 0 aliphatic carbocycles. The third-order valence-corrected chi connectivity index (χ3v) is 4.14. The summed E-state index contributed by atoms with van der Waals surface area (Å²) in [5, 5.41) is 28.8. The quantitative estimate of drug-likeness (QED) is 0.178. The van der Waals surface area contributed by atoms with Crippen LogP contribution in [0.3, 0.4) is 0 Å². The van der Waals surface area contributed by atoms with Gasteiger partial charge in [-0.3, -0.25) is 9.59 Å². The lowest BCUT2D eigenvalue weighted by molar-refractivity contribution is -0.140. The van der Waals surface area contributed by atoms with E-state index in [2.05, 4.69) is 0 Å². The van der Waals surface area contributed by atoms with Gasteiger partial charge in [-0.25, -0.2) is 19.3 Å². The number of aliphatic hydroxyl groups is 1. The fourth-order valence-electron chi connectivity index (χ4n) is 1.66. The van der Waals surface area contributed by atoms with Crippen molar-refractivity contribution < 1.29 is 53.6 Å². The van der Waals surface area contributed by atoms with Crippen LogP contribution < -0.4 is 15.9 Å². The monoisotopic (exact) mass is 445 g/mol. The van der Waals surface area contributed by atoms with Gasteiger partial charge in [-0.15, -0.1) is 0 Å². The zero-order valence-electron chi connectivity index (χ0n) is 14.1. The maximum Gasteiger partial charge on any atom is 0.401 e. The molecule has 160 valence electrons. The zero-order chi connectivity index (χ0) is 22.1. The molecule has 0 aliphatic rings. The fourth-order valence-corrected chi connectivity index (χ4v) is 2.88. The number of carboxylic acid groups (broad SMARTS) is 1. The summed E-state index contributed by atoms with van der Waals surface area (Å²) < 4.78 is 20.8. The Morgan fingerprint density at radius 3 is 1.68 bits per heavy atom. The summed E-state index contributed by atoms with van der Waals surface area (Å²) >= 11 is 0. The molecule has 0 aliphatic heterocycles. The molecule has 0 fully saturated rings. The first-order chi connectivity index (χ1) is 12.6. The van der Waals surface area contributed by atoms with Crippen LogP contribution in [0, 0.1) is 0 Å². The molecule has 0 saturated heterocycles. The minimum absolute atomic E-state index is 0.0285. The molecule has 14 nitrogen and oxygen atoms in total. The van der Waals surface area contributed by atoms with Gasteiger partial charge in [0.2, 0.25) is 5.91 Å². The number of phenolic OH excluding ortho intramolecular Hbond substituents is 1. The predicted octanol–water partition coefficient (Wildman–Crippen LogP) is -2.41. The zero-order valence-corrected chi connectivity index (χ0v) is 15.9. The van der Waals surface area contributed by atoms with E-state index in [1.807, 2.05) is 5.09 Å². The smallest absolute Gasteiger partial charge is 0.401 e. The number of aliphatic carboxylic acids is 1. The Hall–Kier alpha value is -1.86. The number of phenols is 1. The van der Waals surface area contributed by atoms with E-state index in [1.165, 1.54) is 29.4 Å². The molecule has 16 heteroatoms. The minimum atomic E-state index is -4.58. The van der Waals surface area contributed by atoms with Crippen LogP contribution in [0.5, 0.6) is 5.75 Å². The van der Waals surface area contributed by atoms with E-state index >= 15 is 0 Å². The van der Waals surface area contributed by atoms with Crippen molar-refractivity contribution in [2.45, 2.75) is 18.5 Å². The number of hydrogen-bond donors (Lipinski definition) is 10. The molecule has 2 unspecified atom stereocenters. The first-order valence-electron chi connectivity index (χ1n) is 7.22. The number of benzene rings is 1. The topological polar surface area (TPSA) is 260 Å². The third-order valence-electron chi connectivity index (χ3n) is 2.85. The summed E-state index contributed by atoms with van der Waals surface area (Å²) in [5.74, 6) is -2.32. The van der Waals surface area contributed by atoms with Crippen LogP contribution >= 0.6 is 15.5 Å². The van der Waals surface area contributed by atoms with Crippen LogP contribution in [0.25, 0.3) is 0 Å².